The van der Waals surface area contributed by atoms with Gasteiger partial charge in [-0.15, -0.1) is 24.0 Å². The summed E-state index contributed by atoms with van der Waals surface area (Å²) >= 11 is 0. The Kier molecular flexibility index (Phi) is 9.34. The lowest BCUT2D eigenvalue weighted by atomic mass is 9.98. The molecule has 1 amide bonds. The molecule has 0 radical (unpaired) electrons. The minimum absolute atomic E-state index is 0. The van der Waals surface area contributed by atoms with E-state index in [1.54, 1.807) is 4.90 Å². The second kappa shape index (κ2) is 9.65. The third-order valence-corrected chi connectivity index (χ3v) is 4.11. The predicted octanol–water partition coefficient (Wildman–Crippen LogP) is 2.02. The lowest BCUT2D eigenvalue weighted by molar-refractivity contribution is 0.0185. The quantitative estimate of drug-likeness (QED) is 0.384. The normalized spacial score (nSPS) is 16.7. The van der Waals surface area contributed by atoms with Crippen molar-refractivity contribution in [1.29, 1.82) is 0 Å². The molecule has 7 nitrogen and oxygen atoms in total. The van der Waals surface area contributed by atoms with Crippen molar-refractivity contribution in [1.82, 2.24) is 9.80 Å². The van der Waals surface area contributed by atoms with E-state index in [9.17, 15) is 9.90 Å². The van der Waals surface area contributed by atoms with Crippen LogP contribution in [-0.2, 0) is 4.74 Å². The van der Waals surface area contributed by atoms with Gasteiger partial charge >= 0.3 is 6.09 Å². The third kappa shape index (κ3) is 7.42. The number of halogens is 1. The van der Waals surface area contributed by atoms with E-state index in [-0.39, 0.29) is 30.1 Å². The maximum absolute atomic E-state index is 12.0. The standard InChI is InChI=1S/C16H32N4O3.HI/c1-6-16(22,7-2)12-18-13(17)19-8-10-20(11-9-19)14(21)23-15(3,4)5;/h22H,6-12H2,1-5H3,(H2,17,18);1H. The van der Waals surface area contributed by atoms with E-state index in [2.05, 4.69) is 4.99 Å². The largest absolute Gasteiger partial charge is 0.444 e. The average Bonchev–Trinajstić information content (AvgIpc) is 2.50. The van der Waals surface area contributed by atoms with Crippen LogP contribution in [0.4, 0.5) is 4.79 Å². The number of hydrogen-bond acceptors (Lipinski definition) is 4. The highest BCUT2D eigenvalue weighted by Gasteiger charge is 2.27. The number of guanidine groups is 1. The second-order valence-electron chi connectivity index (χ2n) is 7.06. The van der Waals surface area contributed by atoms with E-state index in [1.807, 2.05) is 39.5 Å². The SMILES string of the molecule is CCC(O)(CC)CN=C(N)N1CCN(C(=O)OC(C)(C)C)CC1.I. The first kappa shape index (κ1) is 23.2. The fraction of sp³-hybridized carbons (Fsp3) is 0.875. The molecule has 1 aliphatic heterocycles. The number of rotatable bonds is 4. The van der Waals surface area contributed by atoms with Gasteiger partial charge < -0.3 is 25.4 Å². The number of ether oxygens (including phenoxy) is 1. The highest BCUT2D eigenvalue weighted by atomic mass is 127. The Morgan fingerprint density at radius 1 is 1.12 bits per heavy atom. The summed E-state index contributed by atoms with van der Waals surface area (Å²) in [7, 11) is 0. The van der Waals surface area contributed by atoms with Gasteiger partial charge in [0.1, 0.15) is 5.60 Å². The van der Waals surface area contributed by atoms with Crippen molar-refractivity contribution in [2.75, 3.05) is 32.7 Å². The number of aliphatic hydroxyl groups is 1. The molecule has 0 aromatic heterocycles. The smallest absolute Gasteiger partial charge is 0.410 e. The molecule has 1 aliphatic rings. The summed E-state index contributed by atoms with van der Waals surface area (Å²) in [5, 5.41) is 10.2. The lowest BCUT2D eigenvalue weighted by Gasteiger charge is -2.36. The summed E-state index contributed by atoms with van der Waals surface area (Å²) in [5.74, 6) is 0.425. The van der Waals surface area contributed by atoms with Gasteiger partial charge in [0, 0.05) is 26.2 Å². The van der Waals surface area contributed by atoms with Crippen molar-refractivity contribution in [3.63, 3.8) is 0 Å². The number of aliphatic imine (C=N–C) groups is 1. The van der Waals surface area contributed by atoms with E-state index >= 15 is 0 Å². The first-order valence-corrected chi connectivity index (χ1v) is 8.35. The van der Waals surface area contributed by atoms with Gasteiger partial charge in [0.15, 0.2) is 5.96 Å². The number of nitrogens with two attached hydrogens (primary N) is 1. The molecule has 0 atom stereocenters. The molecule has 0 aromatic carbocycles. The number of nitrogens with zero attached hydrogens (tertiary/aromatic N) is 3. The zero-order valence-electron chi connectivity index (χ0n) is 15.5. The molecular formula is C16H33IN4O3. The van der Waals surface area contributed by atoms with Crippen molar-refractivity contribution in [2.24, 2.45) is 10.7 Å². The van der Waals surface area contributed by atoms with Crippen LogP contribution in [0.5, 0.6) is 0 Å². The van der Waals surface area contributed by atoms with E-state index < -0.39 is 11.2 Å². The molecule has 0 aromatic rings. The van der Waals surface area contributed by atoms with Gasteiger partial charge in [-0.05, 0) is 33.6 Å². The molecule has 0 saturated carbocycles. The van der Waals surface area contributed by atoms with Crippen LogP contribution in [-0.4, -0.2) is 70.9 Å². The van der Waals surface area contributed by atoms with Crippen molar-refractivity contribution in [3.05, 3.63) is 0 Å². The molecule has 3 N–H and O–H groups in total. The molecule has 142 valence electrons. The van der Waals surface area contributed by atoms with Crippen molar-refractivity contribution in [2.45, 2.75) is 58.7 Å². The maximum Gasteiger partial charge on any atom is 0.410 e. The Balaban J connectivity index is 0.00000529. The van der Waals surface area contributed by atoms with Crippen LogP contribution < -0.4 is 5.73 Å². The van der Waals surface area contributed by atoms with Gasteiger partial charge in [0.25, 0.3) is 0 Å². The Bertz CT molecular complexity index is 426. The molecule has 1 fully saturated rings. The first-order chi connectivity index (χ1) is 10.6. The van der Waals surface area contributed by atoms with Crippen molar-refractivity contribution in [3.8, 4) is 0 Å². The molecule has 0 spiro atoms. The minimum atomic E-state index is -0.789. The topological polar surface area (TPSA) is 91.4 Å². The summed E-state index contributed by atoms with van der Waals surface area (Å²) < 4.78 is 5.37. The van der Waals surface area contributed by atoms with Gasteiger partial charge in [-0.25, -0.2) is 4.79 Å². The van der Waals surface area contributed by atoms with Gasteiger partial charge in [-0.3, -0.25) is 4.99 Å². The Morgan fingerprint density at radius 3 is 2.00 bits per heavy atom. The molecule has 8 heteroatoms. The first-order valence-electron chi connectivity index (χ1n) is 8.35. The molecule has 1 rings (SSSR count). The number of piperazine rings is 1. The highest BCUT2D eigenvalue weighted by molar-refractivity contribution is 14.0. The maximum atomic E-state index is 12.0. The highest BCUT2D eigenvalue weighted by Crippen LogP contribution is 2.15. The van der Waals surface area contributed by atoms with Crippen LogP contribution in [0.15, 0.2) is 4.99 Å². The second-order valence-corrected chi connectivity index (χ2v) is 7.06. The van der Waals surface area contributed by atoms with Crippen LogP contribution in [0, 0.1) is 0 Å². The van der Waals surface area contributed by atoms with Crippen molar-refractivity contribution >= 4 is 36.0 Å². The Hall–Kier alpha value is -0.770. The molecule has 0 aliphatic carbocycles. The third-order valence-electron chi connectivity index (χ3n) is 4.11. The van der Waals surface area contributed by atoms with Crippen LogP contribution >= 0.6 is 24.0 Å². The van der Waals surface area contributed by atoms with E-state index in [1.165, 1.54) is 0 Å². The summed E-state index contributed by atoms with van der Waals surface area (Å²) in [6, 6.07) is 0. The van der Waals surface area contributed by atoms with Gasteiger partial charge in [0.2, 0.25) is 0 Å². The van der Waals surface area contributed by atoms with Crippen LogP contribution in [0.2, 0.25) is 0 Å². The molecule has 0 bridgehead atoms. The Labute approximate surface area is 162 Å². The number of hydrogen-bond donors (Lipinski definition) is 2. The fourth-order valence-electron chi connectivity index (χ4n) is 2.25. The minimum Gasteiger partial charge on any atom is -0.444 e. The molecule has 1 saturated heterocycles. The van der Waals surface area contributed by atoms with Crippen LogP contribution in [0.3, 0.4) is 0 Å². The molecule has 0 unspecified atom stereocenters. The van der Waals surface area contributed by atoms with Gasteiger partial charge in [0.05, 0.1) is 12.1 Å². The summed E-state index contributed by atoms with van der Waals surface area (Å²) in [6.45, 7) is 12.1. The van der Waals surface area contributed by atoms with E-state index in [0.29, 0.717) is 51.5 Å². The number of carbonyl (C=O) groups is 1. The fourth-order valence-corrected chi connectivity index (χ4v) is 2.25. The van der Waals surface area contributed by atoms with E-state index in [0.717, 1.165) is 0 Å². The lowest BCUT2D eigenvalue weighted by Crippen LogP contribution is -2.53. The summed E-state index contributed by atoms with van der Waals surface area (Å²) in [6.07, 6.45) is 0.998. The number of carbonyl (C=O) groups excluding carboxylic acids is 1. The van der Waals surface area contributed by atoms with E-state index in [4.69, 9.17) is 10.5 Å². The zero-order chi connectivity index (χ0) is 17.7. The van der Waals surface area contributed by atoms with Crippen molar-refractivity contribution < 1.29 is 14.6 Å². The predicted molar refractivity (Wildman–Crippen MR) is 107 cm³/mol. The monoisotopic (exact) mass is 456 g/mol. The molecule has 24 heavy (non-hydrogen) atoms. The zero-order valence-corrected chi connectivity index (χ0v) is 17.9. The van der Waals surface area contributed by atoms with Gasteiger partial charge in [-0.1, -0.05) is 13.8 Å². The summed E-state index contributed by atoms with van der Waals surface area (Å²) in [5.41, 5.74) is 4.74. The number of amides is 1. The van der Waals surface area contributed by atoms with Gasteiger partial charge in [-0.2, -0.15) is 0 Å². The van der Waals surface area contributed by atoms with Crippen LogP contribution in [0.25, 0.3) is 0 Å². The van der Waals surface area contributed by atoms with Crippen LogP contribution in [0.1, 0.15) is 47.5 Å². The average molecular weight is 456 g/mol. The Morgan fingerprint density at radius 2 is 1.58 bits per heavy atom. The summed E-state index contributed by atoms with van der Waals surface area (Å²) in [4.78, 5) is 20.0. The molecular weight excluding hydrogens is 423 g/mol. The molecule has 1 heterocycles.